The maximum absolute atomic E-state index is 12.7. The second-order valence-electron chi connectivity index (χ2n) is 4.53. The molecule has 2 rings (SSSR count). The van der Waals surface area contributed by atoms with Crippen LogP contribution >= 0.6 is 0 Å². The van der Waals surface area contributed by atoms with Crippen LogP contribution in [0.4, 0.5) is 19.1 Å². The molecule has 116 valence electrons. The minimum Gasteiger partial charge on any atom is -0.328 e. The highest BCUT2D eigenvalue weighted by molar-refractivity contribution is 5.72. The van der Waals surface area contributed by atoms with Gasteiger partial charge in [0, 0.05) is 6.54 Å². The molecule has 21 heavy (non-hydrogen) atoms. The van der Waals surface area contributed by atoms with Crippen LogP contribution in [0.1, 0.15) is 32.0 Å². The Kier molecular flexibility index (Phi) is 4.16. The molecule has 0 amide bonds. The normalized spacial score (nSPS) is 12.0. The van der Waals surface area contributed by atoms with E-state index in [4.69, 9.17) is 5.84 Å². The van der Waals surface area contributed by atoms with Crippen LogP contribution in [0.2, 0.25) is 0 Å². The number of anilines is 1. The van der Waals surface area contributed by atoms with Gasteiger partial charge in [-0.2, -0.15) is 18.2 Å². The van der Waals surface area contributed by atoms with Gasteiger partial charge >= 0.3 is 11.7 Å². The summed E-state index contributed by atoms with van der Waals surface area (Å²) in [6.07, 6.45) is -2.13. The average molecular weight is 304 g/mol. The number of fused-ring (bicyclic) bond motifs is 1. The van der Waals surface area contributed by atoms with Crippen molar-refractivity contribution < 1.29 is 13.2 Å². The van der Waals surface area contributed by atoms with Crippen LogP contribution in [-0.4, -0.2) is 19.5 Å². The Morgan fingerprint density at radius 1 is 1.33 bits per heavy atom. The van der Waals surface area contributed by atoms with Crippen LogP contribution in [0.3, 0.4) is 0 Å². The van der Waals surface area contributed by atoms with Gasteiger partial charge < -0.3 is 4.98 Å². The van der Waals surface area contributed by atoms with Crippen molar-refractivity contribution in [2.75, 3.05) is 5.43 Å². The summed E-state index contributed by atoms with van der Waals surface area (Å²) < 4.78 is 39.5. The highest BCUT2D eigenvalue weighted by Gasteiger charge is 2.35. The smallest absolute Gasteiger partial charge is 0.328 e. The number of aromatic nitrogens is 4. The van der Waals surface area contributed by atoms with Crippen LogP contribution in [0.25, 0.3) is 11.2 Å². The zero-order valence-corrected chi connectivity index (χ0v) is 11.3. The molecular weight excluding hydrogens is 289 g/mol. The van der Waals surface area contributed by atoms with Crippen molar-refractivity contribution in [3.63, 3.8) is 0 Å². The number of nitrogen functional groups attached to an aromatic ring is 1. The maximum atomic E-state index is 12.7. The fourth-order valence-electron chi connectivity index (χ4n) is 2.00. The van der Waals surface area contributed by atoms with Crippen molar-refractivity contribution in [2.45, 2.75) is 38.9 Å². The van der Waals surface area contributed by atoms with E-state index in [9.17, 15) is 18.0 Å². The van der Waals surface area contributed by atoms with E-state index in [0.29, 0.717) is 13.0 Å². The van der Waals surface area contributed by atoms with E-state index in [0.717, 1.165) is 12.8 Å². The first-order valence-corrected chi connectivity index (χ1v) is 6.42. The number of nitrogens with zero attached hydrogens (tertiary/aromatic N) is 3. The van der Waals surface area contributed by atoms with Gasteiger partial charge in [0.1, 0.15) is 0 Å². The highest BCUT2D eigenvalue weighted by atomic mass is 19.4. The van der Waals surface area contributed by atoms with Crippen molar-refractivity contribution in [3.05, 3.63) is 16.2 Å². The molecule has 0 aromatic carbocycles. The Morgan fingerprint density at radius 2 is 2.05 bits per heavy atom. The van der Waals surface area contributed by atoms with Crippen LogP contribution in [0.15, 0.2) is 4.79 Å². The second kappa shape index (κ2) is 5.72. The number of aromatic amines is 1. The Morgan fingerprint density at radius 3 is 2.62 bits per heavy atom. The SMILES string of the molecule is CCCCCn1c(NN)nc(=O)c2[nH]c(C(F)(F)F)nc21. The van der Waals surface area contributed by atoms with Gasteiger partial charge in [0.05, 0.1) is 0 Å². The maximum Gasteiger partial charge on any atom is 0.449 e. The van der Waals surface area contributed by atoms with Gasteiger partial charge in [0.2, 0.25) is 11.8 Å². The van der Waals surface area contributed by atoms with E-state index >= 15 is 0 Å². The molecule has 0 saturated carbocycles. The Labute approximate surface area is 117 Å². The molecule has 7 nitrogen and oxygen atoms in total. The number of unbranched alkanes of at least 4 members (excludes halogenated alkanes) is 2. The molecule has 0 aliphatic heterocycles. The topological polar surface area (TPSA) is 102 Å². The summed E-state index contributed by atoms with van der Waals surface area (Å²) in [5.74, 6) is 4.04. The fourth-order valence-corrected chi connectivity index (χ4v) is 2.00. The predicted octanol–water partition coefficient (Wildman–Crippen LogP) is 1.61. The fraction of sp³-hybridized carbons (Fsp3) is 0.545. The Balaban J connectivity index is 2.59. The molecule has 0 aliphatic carbocycles. The van der Waals surface area contributed by atoms with Crippen LogP contribution in [-0.2, 0) is 12.7 Å². The number of alkyl halides is 3. The molecule has 0 radical (unpaired) electrons. The van der Waals surface area contributed by atoms with Gasteiger partial charge in [-0.15, -0.1) is 0 Å². The quantitative estimate of drug-likeness (QED) is 0.442. The number of hydrogen-bond donors (Lipinski definition) is 3. The average Bonchev–Trinajstić information content (AvgIpc) is 2.86. The van der Waals surface area contributed by atoms with Gasteiger partial charge in [-0.25, -0.2) is 10.8 Å². The van der Waals surface area contributed by atoms with Gasteiger partial charge in [0.25, 0.3) is 0 Å². The van der Waals surface area contributed by atoms with Crippen LogP contribution in [0.5, 0.6) is 0 Å². The zero-order chi connectivity index (χ0) is 15.6. The largest absolute Gasteiger partial charge is 0.449 e. The Bertz CT molecular complexity index is 690. The lowest BCUT2D eigenvalue weighted by Crippen LogP contribution is -2.22. The van der Waals surface area contributed by atoms with Crippen LogP contribution < -0.4 is 16.8 Å². The molecule has 2 aromatic rings. The third-order valence-electron chi connectivity index (χ3n) is 3.00. The number of nitrogens with one attached hydrogen (secondary N) is 2. The van der Waals surface area contributed by atoms with E-state index in [1.165, 1.54) is 4.57 Å². The standard InChI is InChI=1S/C11H15F3N6O/c1-2-3-4-5-20-7-6(8(21)18-10(20)19-15)16-9(17-7)11(12,13)14/h2-5,15H2,1H3,(H,16,17)(H,18,19,21). The lowest BCUT2D eigenvalue weighted by molar-refractivity contribution is -0.144. The molecule has 0 spiro atoms. The molecule has 0 atom stereocenters. The highest BCUT2D eigenvalue weighted by Crippen LogP contribution is 2.28. The summed E-state index contributed by atoms with van der Waals surface area (Å²) in [6, 6.07) is 0. The lowest BCUT2D eigenvalue weighted by Gasteiger charge is -2.11. The van der Waals surface area contributed by atoms with Crippen molar-refractivity contribution in [2.24, 2.45) is 5.84 Å². The number of nitrogens with two attached hydrogens (primary N) is 1. The van der Waals surface area contributed by atoms with Gasteiger partial charge in [-0.1, -0.05) is 19.8 Å². The first-order chi connectivity index (χ1) is 9.88. The van der Waals surface area contributed by atoms with Gasteiger partial charge in [-0.05, 0) is 6.42 Å². The lowest BCUT2D eigenvalue weighted by atomic mass is 10.2. The molecule has 4 N–H and O–H groups in total. The summed E-state index contributed by atoms with van der Waals surface area (Å²) >= 11 is 0. The molecule has 2 heterocycles. The van der Waals surface area contributed by atoms with E-state index in [2.05, 4.69) is 15.4 Å². The first kappa shape index (κ1) is 15.3. The number of hydrogen-bond acceptors (Lipinski definition) is 5. The third-order valence-corrected chi connectivity index (χ3v) is 3.00. The van der Waals surface area contributed by atoms with Crippen molar-refractivity contribution in [1.29, 1.82) is 0 Å². The minimum absolute atomic E-state index is 0.0103. The zero-order valence-electron chi connectivity index (χ0n) is 11.3. The number of hydrazine groups is 1. The number of imidazole rings is 1. The molecule has 0 bridgehead atoms. The third kappa shape index (κ3) is 2.99. The summed E-state index contributed by atoms with van der Waals surface area (Å²) in [5, 5.41) is 0. The number of H-pyrrole nitrogens is 1. The first-order valence-electron chi connectivity index (χ1n) is 6.42. The second-order valence-corrected chi connectivity index (χ2v) is 4.53. The minimum atomic E-state index is -4.66. The summed E-state index contributed by atoms with van der Waals surface area (Å²) in [4.78, 5) is 20.8. The number of halogens is 3. The molecule has 0 fully saturated rings. The van der Waals surface area contributed by atoms with Crippen molar-refractivity contribution in [3.8, 4) is 0 Å². The predicted molar refractivity (Wildman–Crippen MR) is 70.5 cm³/mol. The molecule has 0 saturated heterocycles. The molecule has 2 aromatic heterocycles. The number of rotatable bonds is 5. The monoisotopic (exact) mass is 304 g/mol. The Hall–Kier alpha value is -2.10. The van der Waals surface area contributed by atoms with Gasteiger partial charge in [0.15, 0.2) is 11.2 Å². The van der Waals surface area contributed by atoms with Gasteiger partial charge in [-0.3, -0.25) is 14.8 Å². The molecule has 0 unspecified atom stereocenters. The van der Waals surface area contributed by atoms with Crippen molar-refractivity contribution in [1.82, 2.24) is 19.5 Å². The van der Waals surface area contributed by atoms with E-state index in [-0.39, 0.29) is 17.1 Å². The van der Waals surface area contributed by atoms with E-state index in [1.807, 2.05) is 11.9 Å². The molecule has 0 aliphatic rings. The summed E-state index contributed by atoms with van der Waals surface area (Å²) in [5.41, 5.74) is 0.995. The summed E-state index contributed by atoms with van der Waals surface area (Å²) in [7, 11) is 0. The molecule has 10 heteroatoms. The van der Waals surface area contributed by atoms with Crippen LogP contribution in [0, 0.1) is 0 Å². The molecular formula is C11H15F3N6O. The summed E-state index contributed by atoms with van der Waals surface area (Å²) in [6.45, 7) is 2.36. The number of aryl methyl sites for hydroxylation is 1. The van der Waals surface area contributed by atoms with E-state index in [1.54, 1.807) is 0 Å². The van der Waals surface area contributed by atoms with Crippen molar-refractivity contribution >= 4 is 17.1 Å². The van der Waals surface area contributed by atoms with E-state index < -0.39 is 17.6 Å².